The van der Waals surface area contributed by atoms with Crippen LogP contribution >= 0.6 is 11.8 Å². The van der Waals surface area contributed by atoms with Crippen LogP contribution in [0.3, 0.4) is 0 Å². The van der Waals surface area contributed by atoms with Gasteiger partial charge in [0.25, 0.3) is 5.91 Å². The van der Waals surface area contributed by atoms with Crippen molar-refractivity contribution in [1.29, 1.82) is 5.26 Å². The van der Waals surface area contributed by atoms with E-state index in [1.54, 1.807) is 6.07 Å². The van der Waals surface area contributed by atoms with Crippen LogP contribution in [0.1, 0.15) is 54.2 Å². The number of amides is 1. The molecule has 2 rings (SSSR count). The molecule has 0 fully saturated rings. The van der Waals surface area contributed by atoms with Gasteiger partial charge in [-0.25, -0.2) is 0 Å². The van der Waals surface area contributed by atoms with Gasteiger partial charge in [-0.15, -0.1) is 11.8 Å². The summed E-state index contributed by atoms with van der Waals surface area (Å²) in [6.45, 7) is 6.30. The minimum atomic E-state index is -0.114. The highest BCUT2D eigenvalue weighted by Gasteiger charge is 2.15. The highest BCUT2D eigenvalue weighted by molar-refractivity contribution is 7.99. The van der Waals surface area contributed by atoms with E-state index in [2.05, 4.69) is 49.5 Å². The Bertz CT molecular complexity index is 732. The molecule has 2 aromatic carbocycles. The molecule has 124 valence electrons. The van der Waals surface area contributed by atoms with Gasteiger partial charge in [0.15, 0.2) is 0 Å². The van der Waals surface area contributed by atoms with Crippen molar-refractivity contribution < 1.29 is 4.79 Å². The second kappa shape index (κ2) is 8.56. The van der Waals surface area contributed by atoms with E-state index in [4.69, 9.17) is 5.26 Å². The Kier molecular flexibility index (Phi) is 6.45. The summed E-state index contributed by atoms with van der Waals surface area (Å²) >= 11 is 1.38. The van der Waals surface area contributed by atoms with Gasteiger partial charge in [-0.05, 0) is 36.1 Å². The van der Waals surface area contributed by atoms with E-state index in [1.165, 1.54) is 17.3 Å². The van der Waals surface area contributed by atoms with Gasteiger partial charge in [-0.1, -0.05) is 50.2 Å². The topological polar surface area (TPSA) is 52.9 Å². The quantitative estimate of drug-likeness (QED) is 0.761. The molecule has 4 heteroatoms. The third-order valence-corrected chi connectivity index (χ3v) is 4.82. The van der Waals surface area contributed by atoms with Crippen LogP contribution < -0.4 is 5.32 Å². The molecular formula is C20H22N2OS. The lowest BCUT2D eigenvalue weighted by molar-refractivity contribution is 0.0937. The number of thioether (sulfide) groups is 1. The Morgan fingerprint density at radius 3 is 2.33 bits per heavy atom. The predicted molar refractivity (Wildman–Crippen MR) is 99.2 cm³/mol. The van der Waals surface area contributed by atoms with E-state index in [9.17, 15) is 4.79 Å². The number of carbonyl (C=O) groups is 1. The summed E-state index contributed by atoms with van der Waals surface area (Å²) in [6, 6.07) is 17.8. The first kappa shape index (κ1) is 18.1. The summed E-state index contributed by atoms with van der Waals surface area (Å²) in [7, 11) is 0. The number of nitrogens with one attached hydrogen (secondary N) is 1. The molecule has 0 aliphatic carbocycles. The van der Waals surface area contributed by atoms with E-state index >= 15 is 0 Å². The predicted octanol–water partition coefficient (Wildman–Crippen LogP) is 4.92. The Morgan fingerprint density at radius 2 is 1.71 bits per heavy atom. The van der Waals surface area contributed by atoms with Crippen LogP contribution in [0.5, 0.6) is 0 Å². The summed E-state index contributed by atoms with van der Waals surface area (Å²) in [5.74, 6) is 0.709. The normalized spacial score (nSPS) is 11.8. The van der Waals surface area contributed by atoms with Gasteiger partial charge in [0, 0.05) is 4.90 Å². The second-order valence-corrected chi connectivity index (χ2v) is 6.98. The molecule has 1 amide bonds. The molecule has 0 aromatic heterocycles. The third-order valence-electron chi connectivity index (χ3n) is 3.87. The molecule has 0 radical (unpaired) electrons. The lowest BCUT2D eigenvalue weighted by Crippen LogP contribution is -2.27. The zero-order valence-electron chi connectivity index (χ0n) is 14.2. The lowest BCUT2D eigenvalue weighted by atomic mass is 9.99. The fourth-order valence-corrected chi connectivity index (χ4v) is 3.13. The Balaban J connectivity index is 2.10. The molecule has 3 nitrogen and oxygen atoms in total. The zero-order valence-corrected chi connectivity index (χ0v) is 15.1. The summed E-state index contributed by atoms with van der Waals surface area (Å²) in [5.41, 5.74) is 2.98. The molecule has 2 aromatic rings. The molecule has 0 aliphatic heterocycles. The maximum atomic E-state index is 12.6. The van der Waals surface area contributed by atoms with Crippen LogP contribution in [-0.2, 0) is 0 Å². The van der Waals surface area contributed by atoms with Crippen LogP contribution in [0.4, 0.5) is 0 Å². The van der Waals surface area contributed by atoms with E-state index in [1.807, 2.05) is 25.1 Å². The van der Waals surface area contributed by atoms with Gasteiger partial charge < -0.3 is 5.32 Å². The SMILES string of the molecule is CC(C)c1ccc([C@H](C)NC(=O)c2ccccc2SCC#N)cc1. The van der Waals surface area contributed by atoms with Crippen molar-refractivity contribution >= 4 is 17.7 Å². The number of rotatable bonds is 6. The molecule has 0 heterocycles. The van der Waals surface area contributed by atoms with E-state index in [0.717, 1.165) is 10.5 Å². The van der Waals surface area contributed by atoms with Crippen molar-refractivity contribution in [2.24, 2.45) is 0 Å². The molecule has 0 unspecified atom stereocenters. The van der Waals surface area contributed by atoms with Crippen molar-refractivity contribution in [3.05, 3.63) is 65.2 Å². The van der Waals surface area contributed by atoms with Crippen molar-refractivity contribution in [3.8, 4) is 6.07 Å². The fourth-order valence-electron chi connectivity index (χ4n) is 2.42. The first-order chi connectivity index (χ1) is 11.5. The maximum absolute atomic E-state index is 12.6. The molecule has 1 N–H and O–H groups in total. The molecule has 1 atom stereocenters. The van der Waals surface area contributed by atoms with Gasteiger partial charge >= 0.3 is 0 Å². The smallest absolute Gasteiger partial charge is 0.252 e. The van der Waals surface area contributed by atoms with Crippen molar-refractivity contribution in [1.82, 2.24) is 5.32 Å². The van der Waals surface area contributed by atoms with Gasteiger partial charge in [0.1, 0.15) is 0 Å². The highest BCUT2D eigenvalue weighted by Crippen LogP contribution is 2.23. The summed E-state index contributed by atoms with van der Waals surface area (Å²) in [4.78, 5) is 13.4. The number of hydrogen-bond acceptors (Lipinski definition) is 3. The van der Waals surface area contributed by atoms with Crippen molar-refractivity contribution in [3.63, 3.8) is 0 Å². The summed E-state index contributed by atoms with van der Waals surface area (Å²) in [6.07, 6.45) is 0. The van der Waals surface area contributed by atoms with Crippen LogP contribution in [0, 0.1) is 11.3 Å². The summed E-state index contributed by atoms with van der Waals surface area (Å²) in [5, 5.41) is 11.8. The van der Waals surface area contributed by atoms with Crippen LogP contribution in [-0.4, -0.2) is 11.7 Å². The molecular weight excluding hydrogens is 316 g/mol. The maximum Gasteiger partial charge on any atom is 0.252 e. The largest absolute Gasteiger partial charge is 0.345 e. The van der Waals surface area contributed by atoms with E-state index in [-0.39, 0.29) is 11.9 Å². The number of benzene rings is 2. The second-order valence-electron chi connectivity index (χ2n) is 5.96. The zero-order chi connectivity index (χ0) is 17.5. The molecule has 0 saturated heterocycles. The first-order valence-corrected chi connectivity index (χ1v) is 9.01. The standard InChI is InChI=1S/C20H22N2OS/c1-14(2)16-8-10-17(11-9-16)15(3)22-20(23)18-6-4-5-7-19(18)24-13-12-21/h4-11,14-15H,13H2,1-3H3,(H,22,23)/t15-/m0/s1. The van der Waals surface area contributed by atoms with Crippen LogP contribution in [0.2, 0.25) is 0 Å². The van der Waals surface area contributed by atoms with E-state index < -0.39 is 0 Å². The van der Waals surface area contributed by atoms with Crippen molar-refractivity contribution in [2.75, 3.05) is 5.75 Å². The van der Waals surface area contributed by atoms with Gasteiger partial charge in [-0.2, -0.15) is 5.26 Å². The average molecular weight is 338 g/mol. The van der Waals surface area contributed by atoms with E-state index in [0.29, 0.717) is 17.2 Å². The molecule has 0 spiro atoms. The number of carbonyl (C=O) groups excluding carboxylic acids is 1. The minimum absolute atomic E-state index is 0.0762. The molecule has 24 heavy (non-hydrogen) atoms. The highest BCUT2D eigenvalue weighted by atomic mass is 32.2. The Morgan fingerprint density at radius 1 is 1.08 bits per heavy atom. The minimum Gasteiger partial charge on any atom is -0.345 e. The fraction of sp³-hybridized carbons (Fsp3) is 0.300. The Labute approximate surface area is 148 Å². The van der Waals surface area contributed by atoms with Gasteiger partial charge in [0.2, 0.25) is 0 Å². The monoisotopic (exact) mass is 338 g/mol. The van der Waals surface area contributed by atoms with Crippen LogP contribution in [0.25, 0.3) is 0 Å². The lowest BCUT2D eigenvalue weighted by Gasteiger charge is -2.16. The first-order valence-electron chi connectivity index (χ1n) is 8.02. The van der Waals surface area contributed by atoms with Gasteiger partial charge in [-0.3, -0.25) is 4.79 Å². The number of hydrogen-bond donors (Lipinski definition) is 1. The molecule has 0 saturated carbocycles. The number of nitrogens with zero attached hydrogens (tertiary/aromatic N) is 1. The molecule has 0 aliphatic rings. The Hall–Kier alpha value is -2.25. The number of nitriles is 1. The average Bonchev–Trinajstić information content (AvgIpc) is 2.60. The van der Waals surface area contributed by atoms with Crippen LogP contribution in [0.15, 0.2) is 53.4 Å². The van der Waals surface area contributed by atoms with Crippen molar-refractivity contribution in [2.45, 2.75) is 37.6 Å². The molecule has 0 bridgehead atoms. The van der Waals surface area contributed by atoms with Gasteiger partial charge in [0.05, 0.1) is 23.4 Å². The summed E-state index contributed by atoms with van der Waals surface area (Å²) < 4.78 is 0. The third kappa shape index (κ3) is 4.62.